The summed E-state index contributed by atoms with van der Waals surface area (Å²) in [4.78, 5) is 26.3. The van der Waals surface area contributed by atoms with E-state index < -0.39 is 16.7 Å². The van der Waals surface area contributed by atoms with Crippen LogP contribution in [0.15, 0.2) is 48.5 Å². The van der Waals surface area contributed by atoms with Crippen molar-refractivity contribution in [3.63, 3.8) is 0 Å². The van der Waals surface area contributed by atoms with Gasteiger partial charge in [-0.15, -0.1) is 0 Å². The molecule has 0 bridgehead atoms. The summed E-state index contributed by atoms with van der Waals surface area (Å²) in [5.74, 6) is -0.0924. The van der Waals surface area contributed by atoms with Crippen LogP contribution in [0.3, 0.4) is 0 Å². The fourth-order valence-electron chi connectivity index (χ4n) is 2.99. The smallest absolute Gasteiger partial charge is 0.416 e. The quantitative estimate of drug-likeness (QED) is 0.559. The number of amides is 1. The van der Waals surface area contributed by atoms with E-state index in [1.807, 2.05) is 4.90 Å². The predicted molar refractivity (Wildman–Crippen MR) is 98.8 cm³/mol. The van der Waals surface area contributed by atoms with Gasteiger partial charge >= 0.3 is 6.18 Å². The number of non-ortho nitro benzene ring substituents is 1. The second-order valence-electron chi connectivity index (χ2n) is 6.46. The van der Waals surface area contributed by atoms with E-state index >= 15 is 0 Å². The molecule has 0 N–H and O–H groups in total. The van der Waals surface area contributed by atoms with Crippen molar-refractivity contribution in [3.05, 3.63) is 64.2 Å². The molecule has 0 aliphatic carbocycles. The zero-order valence-corrected chi connectivity index (χ0v) is 15.3. The second kappa shape index (κ2) is 8.38. The molecule has 1 amide bonds. The van der Waals surface area contributed by atoms with Crippen LogP contribution >= 0.6 is 0 Å². The molecule has 1 aliphatic rings. The summed E-state index contributed by atoms with van der Waals surface area (Å²) in [6.07, 6.45) is -4.42. The largest absolute Gasteiger partial charge is 0.484 e. The highest BCUT2D eigenvalue weighted by atomic mass is 19.4. The lowest BCUT2D eigenvalue weighted by Crippen LogP contribution is -2.50. The molecule has 0 radical (unpaired) electrons. The Bertz CT molecular complexity index is 879. The standard InChI is InChI=1S/C19H18F3N3O4/c20-19(21,22)14-4-6-17(7-5-14)29-13-18(26)24-10-8-23(9-11-24)15-2-1-3-16(12-15)25(27)28/h1-7,12H,8-11,13H2. The zero-order valence-electron chi connectivity index (χ0n) is 15.3. The molecule has 2 aromatic rings. The van der Waals surface area contributed by atoms with Crippen LogP contribution in [0.4, 0.5) is 24.5 Å². The number of carbonyl (C=O) groups excluding carboxylic acids is 1. The van der Waals surface area contributed by atoms with E-state index in [0.29, 0.717) is 31.9 Å². The van der Waals surface area contributed by atoms with Gasteiger partial charge in [-0.05, 0) is 30.3 Å². The van der Waals surface area contributed by atoms with Crippen LogP contribution in [0.25, 0.3) is 0 Å². The molecule has 154 valence electrons. The molecule has 29 heavy (non-hydrogen) atoms. The number of carbonyl (C=O) groups is 1. The number of hydrogen-bond donors (Lipinski definition) is 0. The van der Waals surface area contributed by atoms with Crippen molar-refractivity contribution in [2.75, 3.05) is 37.7 Å². The Labute approximate surface area is 164 Å². The monoisotopic (exact) mass is 409 g/mol. The summed E-state index contributed by atoms with van der Waals surface area (Å²) in [6, 6.07) is 10.5. The third-order valence-electron chi connectivity index (χ3n) is 4.58. The molecule has 1 aliphatic heterocycles. The molecule has 0 spiro atoms. The van der Waals surface area contributed by atoms with E-state index in [2.05, 4.69) is 0 Å². The summed E-state index contributed by atoms with van der Waals surface area (Å²) in [5, 5.41) is 10.9. The summed E-state index contributed by atoms with van der Waals surface area (Å²) in [6.45, 7) is 1.57. The highest BCUT2D eigenvalue weighted by Crippen LogP contribution is 2.30. The van der Waals surface area contributed by atoms with E-state index in [1.54, 1.807) is 17.0 Å². The van der Waals surface area contributed by atoms with Crippen LogP contribution in [-0.4, -0.2) is 48.5 Å². The first kappa shape index (κ1) is 20.4. The Morgan fingerprint density at radius 2 is 1.72 bits per heavy atom. The maximum absolute atomic E-state index is 12.6. The number of alkyl halides is 3. The van der Waals surface area contributed by atoms with E-state index in [9.17, 15) is 28.1 Å². The molecule has 0 saturated carbocycles. The van der Waals surface area contributed by atoms with Crippen LogP contribution in [-0.2, 0) is 11.0 Å². The van der Waals surface area contributed by atoms with Crippen LogP contribution in [0.1, 0.15) is 5.56 Å². The average Bonchev–Trinajstić information content (AvgIpc) is 2.72. The first-order valence-corrected chi connectivity index (χ1v) is 8.81. The van der Waals surface area contributed by atoms with Crippen molar-refractivity contribution in [3.8, 4) is 5.75 Å². The van der Waals surface area contributed by atoms with Crippen molar-refractivity contribution in [2.24, 2.45) is 0 Å². The average molecular weight is 409 g/mol. The number of halogens is 3. The van der Waals surface area contributed by atoms with E-state index in [1.165, 1.54) is 24.3 Å². The zero-order chi connectivity index (χ0) is 21.0. The van der Waals surface area contributed by atoms with Crippen LogP contribution in [0.5, 0.6) is 5.75 Å². The number of rotatable bonds is 5. The molecule has 0 unspecified atom stereocenters. The van der Waals surface area contributed by atoms with Gasteiger partial charge in [0.15, 0.2) is 6.61 Å². The molecular weight excluding hydrogens is 391 g/mol. The van der Waals surface area contributed by atoms with E-state index in [4.69, 9.17) is 4.74 Å². The lowest BCUT2D eigenvalue weighted by atomic mass is 10.2. The minimum Gasteiger partial charge on any atom is -0.484 e. The number of piperazine rings is 1. The maximum Gasteiger partial charge on any atom is 0.416 e. The van der Waals surface area contributed by atoms with E-state index in [-0.39, 0.29) is 24.0 Å². The second-order valence-corrected chi connectivity index (χ2v) is 6.46. The molecule has 0 aromatic heterocycles. The minimum absolute atomic E-state index is 0.00551. The number of ether oxygens (including phenoxy) is 1. The van der Waals surface area contributed by atoms with Gasteiger partial charge in [-0.2, -0.15) is 13.2 Å². The Hall–Kier alpha value is -3.30. The first-order chi connectivity index (χ1) is 13.7. The van der Waals surface area contributed by atoms with Gasteiger partial charge in [0.1, 0.15) is 5.75 Å². The van der Waals surface area contributed by atoms with E-state index in [0.717, 1.165) is 12.1 Å². The molecule has 0 atom stereocenters. The third-order valence-corrected chi connectivity index (χ3v) is 4.58. The SMILES string of the molecule is O=C(COc1ccc(C(F)(F)F)cc1)N1CCN(c2cccc([N+](=O)[O-])c2)CC1. The van der Waals surface area contributed by atoms with Crippen molar-refractivity contribution in [1.82, 2.24) is 4.90 Å². The lowest BCUT2D eigenvalue weighted by molar-refractivity contribution is -0.384. The number of nitro benzene ring substituents is 1. The van der Waals surface area contributed by atoms with Gasteiger partial charge in [0.05, 0.1) is 10.5 Å². The summed E-state index contributed by atoms with van der Waals surface area (Å²) < 4.78 is 43.0. The van der Waals surface area contributed by atoms with Gasteiger partial charge in [0.25, 0.3) is 11.6 Å². The first-order valence-electron chi connectivity index (χ1n) is 8.81. The number of benzene rings is 2. The topological polar surface area (TPSA) is 75.9 Å². The molecule has 10 heteroatoms. The molecule has 1 heterocycles. The normalized spacial score (nSPS) is 14.6. The summed E-state index contributed by atoms with van der Waals surface area (Å²) in [5.41, 5.74) is -0.0632. The Morgan fingerprint density at radius 1 is 1.07 bits per heavy atom. The minimum atomic E-state index is -4.42. The van der Waals surface area contributed by atoms with Crippen molar-refractivity contribution in [2.45, 2.75) is 6.18 Å². The number of hydrogen-bond acceptors (Lipinski definition) is 5. The maximum atomic E-state index is 12.6. The summed E-state index contributed by atoms with van der Waals surface area (Å²) in [7, 11) is 0. The molecule has 1 fully saturated rings. The number of nitrogens with zero attached hydrogens (tertiary/aromatic N) is 3. The highest BCUT2D eigenvalue weighted by Gasteiger charge is 2.30. The van der Waals surface area contributed by atoms with Gasteiger partial charge in [-0.1, -0.05) is 6.07 Å². The summed E-state index contributed by atoms with van der Waals surface area (Å²) >= 11 is 0. The van der Waals surface area contributed by atoms with Gasteiger partial charge in [-0.25, -0.2) is 0 Å². The molecule has 2 aromatic carbocycles. The number of anilines is 1. The predicted octanol–water partition coefficient (Wildman–Crippen LogP) is 3.34. The Morgan fingerprint density at radius 3 is 2.31 bits per heavy atom. The molecule has 3 rings (SSSR count). The van der Waals surface area contributed by atoms with Crippen molar-refractivity contribution in [1.29, 1.82) is 0 Å². The Kier molecular flexibility index (Phi) is 5.90. The van der Waals surface area contributed by atoms with Crippen molar-refractivity contribution < 1.29 is 27.6 Å². The number of nitro groups is 1. The lowest BCUT2D eigenvalue weighted by Gasteiger charge is -2.36. The van der Waals surface area contributed by atoms with Gasteiger partial charge in [0, 0.05) is 44.0 Å². The molecule has 7 nitrogen and oxygen atoms in total. The van der Waals surface area contributed by atoms with Gasteiger partial charge in [0.2, 0.25) is 0 Å². The van der Waals surface area contributed by atoms with Crippen LogP contribution in [0, 0.1) is 10.1 Å². The fourth-order valence-corrected chi connectivity index (χ4v) is 2.99. The van der Waals surface area contributed by atoms with Gasteiger partial charge in [-0.3, -0.25) is 14.9 Å². The fraction of sp³-hybridized carbons (Fsp3) is 0.316. The van der Waals surface area contributed by atoms with Gasteiger partial charge < -0.3 is 14.5 Å². The Balaban J connectivity index is 1.50. The van der Waals surface area contributed by atoms with Crippen LogP contribution in [0.2, 0.25) is 0 Å². The molecular formula is C19H18F3N3O4. The highest BCUT2D eigenvalue weighted by molar-refractivity contribution is 5.78. The molecule has 1 saturated heterocycles. The third kappa shape index (κ3) is 5.15. The van der Waals surface area contributed by atoms with Crippen LogP contribution < -0.4 is 9.64 Å². The van der Waals surface area contributed by atoms with Crippen molar-refractivity contribution >= 4 is 17.3 Å².